The van der Waals surface area contributed by atoms with Crippen LogP contribution in [-0.4, -0.2) is 36.2 Å². The van der Waals surface area contributed by atoms with E-state index in [0.717, 1.165) is 18.2 Å². The summed E-state index contributed by atoms with van der Waals surface area (Å²) in [6.45, 7) is 1.42. The number of carboxylic acids is 1. The molecule has 2 amide bonds. The smallest absolute Gasteiger partial charge is 0.335 e. The van der Waals surface area contributed by atoms with Gasteiger partial charge in [-0.15, -0.1) is 0 Å². The number of carbonyl (C=O) groups excluding carboxylic acids is 2. The van der Waals surface area contributed by atoms with E-state index in [9.17, 15) is 18.8 Å². The predicted octanol–water partition coefficient (Wildman–Crippen LogP) is 1.21. The molecule has 0 bridgehead atoms. The zero-order valence-electron chi connectivity index (χ0n) is 10.6. The number of anilines is 1. The third kappa shape index (κ3) is 4.56. The zero-order chi connectivity index (χ0) is 15.1. The second kappa shape index (κ2) is 7.07. The number of rotatable bonds is 5. The number of amides is 2. The van der Waals surface area contributed by atoms with Crippen molar-refractivity contribution in [3.05, 3.63) is 29.6 Å². The number of benzene rings is 1. The molecule has 8 heteroatoms. The Balaban J connectivity index is 2.63. The van der Waals surface area contributed by atoms with Crippen molar-refractivity contribution in [3.63, 3.8) is 0 Å². The molecule has 0 heterocycles. The van der Waals surface area contributed by atoms with Crippen LogP contribution < -0.4 is 10.6 Å². The first kappa shape index (κ1) is 15.4. The van der Waals surface area contributed by atoms with Crippen LogP contribution in [0.3, 0.4) is 0 Å². The van der Waals surface area contributed by atoms with E-state index in [-0.39, 0.29) is 24.4 Å². The van der Waals surface area contributed by atoms with Gasteiger partial charge in [-0.3, -0.25) is 4.79 Å². The minimum atomic E-state index is -1.25. The highest BCUT2D eigenvalue weighted by molar-refractivity contribution is 5.94. The topological polar surface area (TPSA) is 105 Å². The summed E-state index contributed by atoms with van der Waals surface area (Å²) in [5.74, 6) is -2.68. The molecule has 0 fully saturated rings. The van der Waals surface area contributed by atoms with Crippen molar-refractivity contribution in [2.24, 2.45) is 0 Å². The molecule has 0 radical (unpaired) electrons. The van der Waals surface area contributed by atoms with Crippen molar-refractivity contribution in [2.75, 3.05) is 18.5 Å². The van der Waals surface area contributed by atoms with Gasteiger partial charge >= 0.3 is 18.0 Å². The fourth-order valence-corrected chi connectivity index (χ4v) is 1.29. The lowest BCUT2D eigenvalue weighted by Crippen LogP contribution is -2.34. The standard InChI is InChI=1S/C12H13FN2O5/c1-2-20-10(16)6-14-12(19)15-9-5-7(11(17)18)3-4-8(9)13/h3-5H,2,6H2,1H3,(H,17,18)(H2,14,15,19). The molecule has 0 aliphatic heterocycles. The van der Waals surface area contributed by atoms with Crippen LogP contribution in [0.1, 0.15) is 17.3 Å². The van der Waals surface area contributed by atoms with Gasteiger partial charge in [0.1, 0.15) is 12.4 Å². The molecular formula is C12H13FN2O5. The Morgan fingerprint density at radius 2 is 2.05 bits per heavy atom. The summed E-state index contributed by atoms with van der Waals surface area (Å²) in [6.07, 6.45) is 0. The Morgan fingerprint density at radius 3 is 2.65 bits per heavy atom. The van der Waals surface area contributed by atoms with E-state index < -0.39 is 23.8 Å². The fraction of sp³-hybridized carbons (Fsp3) is 0.250. The lowest BCUT2D eigenvalue weighted by atomic mass is 10.2. The summed E-state index contributed by atoms with van der Waals surface area (Å²) in [6, 6.07) is 2.12. The highest BCUT2D eigenvalue weighted by Crippen LogP contribution is 2.16. The molecule has 0 aliphatic rings. The van der Waals surface area contributed by atoms with Crippen LogP contribution in [0.15, 0.2) is 18.2 Å². The van der Waals surface area contributed by atoms with Gasteiger partial charge in [0.05, 0.1) is 17.9 Å². The summed E-state index contributed by atoms with van der Waals surface area (Å²) in [4.78, 5) is 33.1. The quantitative estimate of drug-likeness (QED) is 0.705. The Bertz CT molecular complexity index is 533. The molecule has 7 nitrogen and oxygen atoms in total. The third-order valence-corrected chi connectivity index (χ3v) is 2.16. The maximum Gasteiger partial charge on any atom is 0.335 e. The number of hydrogen-bond acceptors (Lipinski definition) is 4. The van der Waals surface area contributed by atoms with Crippen molar-refractivity contribution in [1.82, 2.24) is 5.32 Å². The van der Waals surface area contributed by atoms with Crippen molar-refractivity contribution in [3.8, 4) is 0 Å². The number of aromatic carboxylic acids is 1. The van der Waals surface area contributed by atoms with Gasteiger partial charge in [0.25, 0.3) is 0 Å². The number of halogens is 1. The highest BCUT2D eigenvalue weighted by atomic mass is 19.1. The van der Waals surface area contributed by atoms with Crippen molar-refractivity contribution >= 4 is 23.7 Å². The first-order valence-corrected chi connectivity index (χ1v) is 5.67. The Hall–Kier alpha value is -2.64. The number of esters is 1. The Morgan fingerprint density at radius 1 is 1.35 bits per heavy atom. The van der Waals surface area contributed by atoms with E-state index in [2.05, 4.69) is 15.4 Å². The van der Waals surface area contributed by atoms with Gasteiger partial charge in [-0.1, -0.05) is 0 Å². The molecule has 1 rings (SSSR count). The zero-order valence-corrected chi connectivity index (χ0v) is 10.6. The van der Waals surface area contributed by atoms with Crippen LogP contribution in [0.2, 0.25) is 0 Å². The molecule has 0 saturated heterocycles. The van der Waals surface area contributed by atoms with Crippen LogP contribution in [0.5, 0.6) is 0 Å². The molecule has 3 N–H and O–H groups in total. The van der Waals surface area contributed by atoms with Gasteiger partial charge in [-0.05, 0) is 25.1 Å². The molecule has 108 valence electrons. The number of carbonyl (C=O) groups is 3. The van der Waals surface area contributed by atoms with Crippen molar-refractivity contribution in [1.29, 1.82) is 0 Å². The van der Waals surface area contributed by atoms with Gasteiger partial charge in [0.2, 0.25) is 0 Å². The number of nitrogens with one attached hydrogen (secondary N) is 2. The minimum Gasteiger partial charge on any atom is -0.478 e. The van der Waals surface area contributed by atoms with E-state index in [4.69, 9.17) is 5.11 Å². The maximum absolute atomic E-state index is 13.4. The monoisotopic (exact) mass is 284 g/mol. The largest absolute Gasteiger partial charge is 0.478 e. The molecule has 20 heavy (non-hydrogen) atoms. The summed E-state index contributed by atoms with van der Waals surface area (Å²) >= 11 is 0. The molecule has 1 aromatic rings. The van der Waals surface area contributed by atoms with E-state index in [1.807, 2.05) is 0 Å². The Labute approximate surface area is 113 Å². The summed E-state index contributed by atoms with van der Waals surface area (Å²) in [7, 11) is 0. The molecule has 0 atom stereocenters. The summed E-state index contributed by atoms with van der Waals surface area (Å²) < 4.78 is 18.0. The molecule has 0 unspecified atom stereocenters. The minimum absolute atomic E-state index is 0.174. The number of urea groups is 1. The molecule has 1 aromatic carbocycles. The summed E-state index contributed by atoms with van der Waals surface area (Å²) in [5, 5.41) is 13.0. The first-order chi connectivity index (χ1) is 9.43. The second-order valence-electron chi connectivity index (χ2n) is 3.61. The van der Waals surface area contributed by atoms with Gasteiger partial charge in [0.15, 0.2) is 0 Å². The van der Waals surface area contributed by atoms with Crippen LogP contribution >= 0.6 is 0 Å². The maximum atomic E-state index is 13.4. The van der Waals surface area contributed by atoms with E-state index in [1.54, 1.807) is 6.92 Å². The number of ether oxygens (including phenoxy) is 1. The second-order valence-corrected chi connectivity index (χ2v) is 3.61. The van der Waals surface area contributed by atoms with E-state index >= 15 is 0 Å². The van der Waals surface area contributed by atoms with Gasteiger partial charge < -0.3 is 20.5 Å². The molecule has 0 spiro atoms. The average Bonchev–Trinajstić information content (AvgIpc) is 2.39. The van der Waals surface area contributed by atoms with Gasteiger partial charge in [-0.25, -0.2) is 14.0 Å². The van der Waals surface area contributed by atoms with E-state index in [0.29, 0.717) is 0 Å². The first-order valence-electron chi connectivity index (χ1n) is 5.67. The summed E-state index contributed by atoms with van der Waals surface area (Å²) in [5.41, 5.74) is -0.474. The van der Waals surface area contributed by atoms with Crippen LogP contribution in [-0.2, 0) is 9.53 Å². The SMILES string of the molecule is CCOC(=O)CNC(=O)Nc1cc(C(=O)O)ccc1F. The molecule has 0 aromatic heterocycles. The lowest BCUT2D eigenvalue weighted by molar-refractivity contribution is -0.141. The number of hydrogen-bond donors (Lipinski definition) is 3. The van der Waals surface area contributed by atoms with Crippen LogP contribution in [0, 0.1) is 5.82 Å². The fourth-order valence-electron chi connectivity index (χ4n) is 1.29. The third-order valence-electron chi connectivity index (χ3n) is 2.16. The van der Waals surface area contributed by atoms with Gasteiger partial charge in [0, 0.05) is 0 Å². The van der Waals surface area contributed by atoms with Crippen molar-refractivity contribution < 1.29 is 28.6 Å². The van der Waals surface area contributed by atoms with Gasteiger partial charge in [-0.2, -0.15) is 0 Å². The lowest BCUT2D eigenvalue weighted by Gasteiger charge is -2.08. The normalized spacial score (nSPS) is 9.70. The molecule has 0 aliphatic carbocycles. The average molecular weight is 284 g/mol. The molecule has 0 saturated carbocycles. The molecular weight excluding hydrogens is 271 g/mol. The van der Waals surface area contributed by atoms with Crippen LogP contribution in [0.25, 0.3) is 0 Å². The predicted molar refractivity (Wildman–Crippen MR) is 67.0 cm³/mol. The number of carboxylic acid groups (broad SMARTS) is 1. The highest BCUT2D eigenvalue weighted by Gasteiger charge is 2.12. The van der Waals surface area contributed by atoms with Crippen molar-refractivity contribution in [2.45, 2.75) is 6.92 Å². The van der Waals surface area contributed by atoms with E-state index in [1.165, 1.54) is 0 Å². The Kier molecular flexibility index (Phi) is 5.45. The van der Waals surface area contributed by atoms with Crippen LogP contribution in [0.4, 0.5) is 14.9 Å².